The maximum atomic E-state index is 12.3. The molecule has 0 unspecified atom stereocenters. The van der Waals surface area contributed by atoms with Crippen molar-refractivity contribution in [2.24, 2.45) is 0 Å². The van der Waals surface area contributed by atoms with E-state index in [-0.39, 0.29) is 5.91 Å². The molecule has 0 aliphatic carbocycles. The van der Waals surface area contributed by atoms with Crippen molar-refractivity contribution in [2.75, 3.05) is 0 Å². The first-order valence-corrected chi connectivity index (χ1v) is 7.13. The fourth-order valence-corrected chi connectivity index (χ4v) is 2.62. The lowest BCUT2D eigenvalue weighted by Crippen LogP contribution is -2.23. The highest BCUT2D eigenvalue weighted by Crippen LogP contribution is 2.18. The number of carbonyl (C=O) groups excluding carboxylic acids is 1. The highest BCUT2D eigenvalue weighted by atomic mass is 79.9. The van der Waals surface area contributed by atoms with Gasteiger partial charge >= 0.3 is 0 Å². The summed E-state index contributed by atoms with van der Waals surface area (Å²) in [4.78, 5) is 15.4. The van der Waals surface area contributed by atoms with E-state index >= 15 is 0 Å². The molecule has 20 heavy (non-hydrogen) atoms. The molecule has 0 saturated carbocycles. The lowest BCUT2D eigenvalue weighted by molar-refractivity contribution is 0.0952. The minimum absolute atomic E-state index is 0.0639. The monoisotopic (exact) mass is 328 g/mol. The minimum atomic E-state index is -0.0639. The van der Waals surface area contributed by atoms with E-state index in [1.54, 1.807) is 0 Å². The van der Waals surface area contributed by atoms with Crippen LogP contribution in [0.3, 0.4) is 0 Å². The smallest absolute Gasteiger partial charge is 0.252 e. The number of nitrogens with one attached hydrogen (secondary N) is 2. The second-order valence-corrected chi connectivity index (χ2v) is 5.37. The van der Waals surface area contributed by atoms with E-state index in [1.165, 1.54) is 0 Å². The molecular formula is C16H13BrN2O. The van der Waals surface area contributed by atoms with E-state index < -0.39 is 0 Å². The average Bonchev–Trinajstić information content (AvgIpc) is 2.94. The van der Waals surface area contributed by atoms with Gasteiger partial charge in [0.15, 0.2) is 0 Å². The number of H-pyrrole nitrogens is 1. The number of halogens is 1. The predicted molar refractivity (Wildman–Crippen MR) is 83.6 cm³/mol. The van der Waals surface area contributed by atoms with Crippen LogP contribution in [0.1, 0.15) is 15.9 Å². The zero-order valence-electron chi connectivity index (χ0n) is 10.7. The van der Waals surface area contributed by atoms with Crippen molar-refractivity contribution in [3.8, 4) is 0 Å². The first-order chi connectivity index (χ1) is 9.75. The van der Waals surface area contributed by atoms with Gasteiger partial charge in [-0.25, -0.2) is 0 Å². The molecule has 0 aliphatic rings. The molecule has 0 aliphatic heterocycles. The number of aromatic amines is 1. The van der Waals surface area contributed by atoms with Gasteiger partial charge in [-0.05, 0) is 29.8 Å². The van der Waals surface area contributed by atoms with E-state index in [4.69, 9.17) is 0 Å². The molecule has 4 heteroatoms. The maximum absolute atomic E-state index is 12.3. The third-order valence-electron chi connectivity index (χ3n) is 3.24. The van der Waals surface area contributed by atoms with Crippen molar-refractivity contribution < 1.29 is 4.79 Å². The fraction of sp³-hybridized carbons (Fsp3) is 0.0625. The maximum Gasteiger partial charge on any atom is 0.252 e. The molecule has 0 spiro atoms. The molecule has 2 aromatic carbocycles. The van der Waals surface area contributed by atoms with Gasteiger partial charge in [0.25, 0.3) is 5.91 Å². The third-order valence-corrected chi connectivity index (χ3v) is 4.01. The van der Waals surface area contributed by atoms with Crippen LogP contribution in [-0.4, -0.2) is 10.9 Å². The Morgan fingerprint density at radius 2 is 1.95 bits per heavy atom. The van der Waals surface area contributed by atoms with Crippen LogP contribution in [0, 0.1) is 0 Å². The van der Waals surface area contributed by atoms with E-state index in [1.807, 2.05) is 54.7 Å². The summed E-state index contributed by atoms with van der Waals surface area (Å²) >= 11 is 3.48. The summed E-state index contributed by atoms with van der Waals surface area (Å²) in [6.45, 7) is 0.501. The molecule has 0 radical (unpaired) electrons. The Morgan fingerprint density at radius 1 is 1.10 bits per heavy atom. The summed E-state index contributed by atoms with van der Waals surface area (Å²) in [6, 6.07) is 15.5. The molecule has 1 heterocycles. The third kappa shape index (κ3) is 2.47. The van der Waals surface area contributed by atoms with Gasteiger partial charge in [0.2, 0.25) is 0 Å². The van der Waals surface area contributed by atoms with Crippen LogP contribution in [-0.2, 0) is 6.54 Å². The van der Waals surface area contributed by atoms with Gasteiger partial charge in [-0.3, -0.25) is 4.79 Å². The van der Waals surface area contributed by atoms with Gasteiger partial charge in [-0.2, -0.15) is 0 Å². The largest absolute Gasteiger partial charge is 0.361 e. The summed E-state index contributed by atoms with van der Waals surface area (Å²) in [5.74, 6) is -0.0639. The quantitative estimate of drug-likeness (QED) is 0.753. The van der Waals surface area contributed by atoms with Crippen molar-refractivity contribution in [1.29, 1.82) is 0 Å². The second-order valence-electron chi connectivity index (χ2n) is 4.52. The summed E-state index contributed by atoms with van der Waals surface area (Å²) in [5, 5.41) is 3.90. The van der Waals surface area contributed by atoms with Gasteiger partial charge < -0.3 is 10.3 Å². The van der Waals surface area contributed by atoms with Crippen molar-refractivity contribution >= 4 is 32.7 Å². The Bertz CT molecular complexity index is 764. The lowest BCUT2D eigenvalue weighted by atomic mass is 10.1. The minimum Gasteiger partial charge on any atom is -0.361 e. The topological polar surface area (TPSA) is 44.9 Å². The first-order valence-electron chi connectivity index (χ1n) is 6.33. The molecule has 2 N–H and O–H groups in total. The number of fused-ring (bicyclic) bond motifs is 1. The van der Waals surface area contributed by atoms with Gasteiger partial charge in [0.05, 0.1) is 0 Å². The molecule has 3 rings (SSSR count). The van der Waals surface area contributed by atoms with Crippen molar-refractivity contribution in [3.05, 3.63) is 70.3 Å². The number of hydrogen-bond donors (Lipinski definition) is 2. The SMILES string of the molecule is O=C(NCc1ccccc1Br)c1cccc2[nH]ccc12. The Labute approximate surface area is 125 Å². The molecule has 0 saturated heterocycles. The summed E-state index contributed by atoms with van der Waals surface area (Å²) in [5.41, 5.74) is 2.72. The van der Waals surface area contributed by atoms with Crippen molar-refractivity contribution in [1.82, 2.24) is 10.3 Å². The van der Waals surface area contributed by atoms with E-state index in [2.05, 4.69) is 26.2 Å². The Kier molecular flexibility index (Phi) is 3.56. The Balaban J connectivity index is 1.80. The highest BCUT2D eigenvalue weighted by Gasteiger charge is 2.10. The van der Waals surface area contributed by atoms with Crippen LogP contribution in [0.5, 0.6) is 0 Å². The number of carbonyl (C=O) groups is 1. The van der Waals surface area contributed by atoms with Gasteiger partial charge in [-0.15, -0.1) is 0 Å². The number of rotatable bonds is 3. The first kappa shape index (κ1) is 12.9. The summed E-state index contributed by atoms with van der Waals surface area (Å²) < 4.78 is 1.00. The van der Waals surface area contributed by atoms with E-state index in [0.717, 1.165) is 20.9 Å². The second kappa shape index (κ2) is 5.51. The van der Waals surface area contributed by atoms with Crippen LogP contribution < -0.4 is 5.32 Å². The van der Waals surface area contributed by atoms with Crippen molar-refractivity contribution in [3.63, 3.8) is 0 Å². The van der Waals surface area contributed by atoms with Gasteiger partial charge in [0.1, 0.15) is 0 Å². The van der Waals surface area contributed by atoms with Crippen LogP contribution in [0.4, 0.5) is 0 Å². The zero-order chi connectivity index (χ0) is 13.9. The molecule has 100 valence electrons. The Hall–Kier alpha value is -2.07. The predicted octanol–water partition coefficient (Wildman–Crippen LogP) is 3.86. The fourth-order valence-electron chi connectivity index (χ4n) is 2.20. The van der Waals surface area contributed by atoms with Crippen LogP contribution in [0.2, 0.25) is 0 Å². The standard InChI is InChI=1S/C16H13BrN2O/c17-14-6-2-1-4-11(14)10-19-16(20)13-5-3-7-15-12(13)8-9-18-15/h1-9,18H,10H2,(H,19,20). The number of amides is 1. The molecule has 3 nitrogen and oxygen atoms in total. The van der Waals surface area contributed by atoms with Crippen LogP contribution in [0.15, 0.2) is 59.2 Å². The van der Waals surface area contributed by atoms with Gasteiger partial charge in [-0.1, -0.05) is 40.2 Å². The Morgan fingerprint density at radius 3 is 2.80 bits per heavy atom. The van der Waals surface area contributed by atoms with Crippen LogP contribution >= 0.6 is 15.9 Å². The normalized spacial score (nSPS) is 10.7. The number of hydrogen-bond acceptors (Lipinski definition) is 1. The number of aromatic nitrogens is 1. The molecule has 0 atom stereocenters. The zero-order valence-corrected chi connectivity index (χ0v) is 12.3. The number of benzene rings is 2. The molecule has 0 fully saturated rings. The van der Waals surface area contributed by atoms with E-state index in [0.29, 0.717) is 12.1 Å². The molecular weight excluding hydrogens is 316 g/mol. The lowest BCUT2D eigenvalue weighted by Gasteiger charge is -2.08. The summed E-state index contributed by atoms with van der Waals surface area (Å²) in [6.07, 6.45) is 1.84. The molecule has 1 aromatic heterocycles. The summed E-state index contributed by atoms with van der Waals surface area (Å²) in [7, 11) is 0. The van der Waals surface area contributed by atoms with Gasteiger partial charge in [0, 0.05) is 33.7 Å². The molecule has 0 bridgehead atoms. The average molecular weight is 329 g/mol. The molecule has 1 amide bonds. The van der Waals surface area contributed by atoms with E-state index in [9.17, 15) is 4.79 Å². The highest BCUT2D eigenvalue weighted by molar-refractivity contribution is 9.10. The molecule has 3 aromatic rings. The van der Waals surface area contributed by atoms with Crippen molar-refractivity contribution in [2.45, 2.75) is 6.54 Å². The van der Waals surface area contributed by atoms with Crippen LogP contribution in [0.25, 0.3) is 10.9 Å².